The van der Waals surface area contributed by atoms with Gasteiger partial charge in [0, 0.05) is 6.54 Å². The molecule has 23 heavy (non-hydrogen) atoms. The predicted molar refractivity (Wildman–Crippen MR) is 101 cm³/mol. The van der Waals surface area contributed by atoms with Gasteiger partial charge < -0.3 is 10.6 Å². The van der Waals surface area contributed by atoms with Gasteiger partial charge in [0.15, 0.2) is 0 Å². The lowest BCUT2D eigenvalue weighted by Gasteiger charge is -2.36. The third-order valence-corrected chi connectivity index (χ3v) is 5.28. The van der Waals surface area contributed by atoms with Gasteiger partial charge in [0.05, 0.1) is 0 Å². The number of rotatable bonds is 5. The van der Waals surface area contributed by atoms with E-state index in [1.54, 1.807) is 0 Å². The molecule has 2 heteroatoms. The Morgan fingerprint density at radius 3 is 2.09 bits per heavy atom. The van der Waals surface area contributed by atoms with Crippen molar-refractivity contribution in [3.63, 3.8) is 0 Å². The van der Waals surface area contributed by atoms with Crippen molar-refractivity contribution in [1.29, 1.82) is 0 Å². The van der Waals surface area contributed by atoms with Crippen LogP contribution in [0.5, 0.6) is 0 Å². The van der Waals surface area contributed by atoms with Crippen LogP contribution in [0.25, 0.3) is 0 Å². The molecule has 0 radical (unpaired) electrons. The van der Waals surface area contributed by atoms with E-state index in [1.807, 2.05) is 0 Å². The van der Waals surface area contributed by atoms with Crippen molar-refractivity contribution < 1.29 is 0 Å². The molecule has 130 valence electrons. The zero-order valence-corrected chi connectivity index (χ0v) is 15.8. The highest BCUT2D eigenvalue weighted by molar-refractivity contribution is 5.30. The fourth-order valence-electron chi connectivity index (χ4n) is 3.89. The number of nitrogens with zero attached hydrogens (tertiary/aromatic N) is 1. The molecule has 1 aromatic rings. The van der Waals surface area contributed by atoms with Crippen molar-refractivity contribution in [2.45, 2.75) is 58.8 Å². The molecule has 1 saturated heterocycles. The van der Waals surface area contributed by atoms with E-state index in [1.165, 1.54) is 43.6 Å². The quantitative estimate of drug-likeness (QED) is 0.872. The lowest BCUT2D eigenvalue weighted by molar-refractivity contribution is 0.155. The van der Waals surface area contributed by atoms with Crippen molar-refractivity contribution in [1.82, 2.24) is 4.90 Å². The molecule has 1 aliphatic rings. The molecule has 1 atom stereocenters. The Morgan fingerprint density at radius 2 is 1.65 bits per heavy atom. The zero-order chi connectivity index (χ0) is 17.0. The average molecular weight is 317 g/mol. The van der Waals surface area contributed by atoms with E-state index in [0.29, 0.717) is 5.92 Å². The van der Waals surface area contributed by atoms with Crippen LogP contribution in [-0.4, -0.2) is 31.1 Å². The SMILES string of the molecule is CC(C)CN1CCC(C(CN)c2ccc(C(C)(C)C)cc2)CC1. The summed E-state index contributed by atoms with van der Waals surface area (Å²) in [5.41, 5.74) is 9.22. The van der Waals surface area contributed by atoms with Crippen molar-refractivity contribution in [2.75, 3.05) is 26.2 Å². The van der Waals surface area contributed by atoms with E-state index < -0.39 is 0 Å². The molecule has 0 bridgehead atoms. The maximum absolute atomic E-state index is 6.16. The van der Waals surface area contributed by atoms with Crippen molar-refractivity contribution in [2.24, 2.45) is 17.6 Å². The van der Waals surface area contributed by atoms with E-state index in [2.05, 4.69) is 63.8 Å². The molecule has 1 aliphatic heterocycles. The molecule has 2 N–H and O–H groups in total. The highest BCUT2D eigenvalue weighted by Gasteiger charge is 2.27. The molecule has 0 saturated carbocycles. The number of piperidine rings is 1. The second kappa shape index (κ2) is 7.81. The number of nitrogens with two attached hydrogens (primary N) is 1. The summed E-state index contributed by atoms with van der Waals surface area (Å²) >= 11 is 0. The van der Waals surface area contributed by atoms with Crippen LogP contribution in [0, 0.1) is 11.8 Å². The Balaban J connectivity index is 2.00. The second-order valence-corrected chi connectivity index (χ2v) is 8.75. The summed E-state index contributed by atoms with van der Waals surface area (Å²) in [6.45, 7) is 15.9. The van der Waals surface area contributed by atoms with E-state index in [9.17, 15) is 0 Å². The number of hydrogen-bond acceptors (Lipinski definition) is 2. The maximum atomic E-state index is 6.16. The van der Waals surface area contributed by atoms with Crippen molar-refractivity contribution in [3.8, 4) is 0 Å². The van der Waals surface area contributed by atoms with E-state index in [4.69, 9.17) is 5.73 Å². The standard InChI is InChI=1S/C21H36N2/c1-16(2)15-23-12-10-18(11-13-23)20(14-22)17-6-8-19(9-7-17)21(3,4)5/h6-9,16,18,20H,10-15,22H2,1-5H3. The van der Waals surface area contributed by atoms with Crippen LogP contribution in [0.15, 0.2) is 24.3 Å². The lowest BCUT2D eigenvalue weighted by Crippen LogP contribution is -2.38. The summed E-state index contributed by atoms with van der Waals surface area (Å²) in [5, 5.41) is 0. The molecule has 0 amide bonds. The van der Waals surface area contributed by atoms with Gasteiger partial charge in [0.1, 0.15) is 0 Å². The average Bonchev–Trinajstić information content (AvgIpc) is 2.49. The van der Waals surface area contributed by atoms with Crippen LogP contribution in [0.4, 0.5) is 0 Å². The zero-order valence-electron chi connectivity index (χ0n) is 15.8. The Labute approximate surface area is 143 Å². The first kappa shape index (κ1) is 18.5. The normalized spacial score (nSPS) is 19.3. The van der Waals surface area contributed by atoms with Crippen molar-refractivity contribution >= 4 is 0 Å². The largest absolute Gasteiger partial charge is 0.330 e. The highest BCUT2D eigenvalue weighted by Crippen LogP contribution is 2.33. The predicted octanol–water partition coefficient (Wildman–Crippen LogP) is 4.39. The molecule has 0 aliphatic carbocycles. The van der Waals surface area contributed by atoms with Crippen LogP contribution in [0.1, 0.15) is 64.5 Å². The molecular formula is C21H36N2. The van der Waals surface area contributed by atoms with E-state index in [-0.39, 0.29) is 5.41 Å². The van der Waals surface area contributed by atoms with Gasteiger partial charge in [-0.1, -0.05) is 58.9 Å². The molecule has 2 nitrogen and oxygen atoms in total. The van der Waals surface area contributed by atoms with Gasteiger partial charge in [-0.25, -0.2) is 0 Å². The summed E-state index contributed by atoms with van der Waals surface area (Å²) in [4.78, 5) is 2.62. The number of benzene rings is 1. The number of likely N-dealkylation sites (tertiary alicyclic amines) is 1. The summed E-state index contributed by atoms with van der Waals surface area (Å²) in [6.07, 6.45) is 2.57. The molecule has 0 spiro atoms. The van der Waals surface area contributed by atoms with Gasteiger partial charge in [-0.2, -0.15) is 0 Å². The Morgan fingerprint density at radius 1 is 1.09 bits per heavy atom. The lowest BCUT2D eigenvalue weighted by atomic mass is 9.78. The second-order valence-electron chi connectivity index (χ2n) is 8.75. The van der Waals surface area contributed by atoms with Gasteiger partial charge in [0.2, 0.25) is 0 Å². The molecular weight excluding hydrogens is 280 g/mol. The first-order valence-electron chi connectivity index (χ1n) is 9.34. The van der Waals surface area contributed by atoms with Crippen LogP contribution in [0.3, 0.4) is 0 Å². The minimum absolute atomic E-state index is 0.221. The van der Waals surface area contributed by atoms with Crippen LogP contribution < -0.4 is 5.73 Å². The monoisotopic (exact) mass is 316 g/mol. The van der Waals surface area contributed by atoms with Crippen LogP contribution >= 0.6 is 0 Å². The summed E-state index contributed by atoms with van der Waals surface area (Å²) < 4.78 is 0. The Kier molecular flexibility index (Phi) is 6.27. The van der Waals surface area contributed by atoms with Gasteiger partial charge in [-0.15, -0.1) is 0 Å². The molecule has 1 aromatic carbocycles. The molecule has 1 unspecified atom stereocenters. The first-order valence-corrected chi connectivity index (χ1v) is 9.34. The fourth-order valence-corrected chi connectivity index (χ4v) is 3.89. The third kappa shape index (κ3) is 5.06. The van der Waals surface area contributed by atoms with Gasteiger partial charge in [0.25, 0.3) is 0 Å². The van der Waals surface area contributed by atoms with Crippen molar-refractivity contribution in [3.05, 3.63) is 35.4 Å². The van der Waals surface area contributed by atoms with Crippen LogP contribution in [-0.2, 0) is 5.41 Å². The van der Waals surface area contributed by atoms with Gasteiger partial charge >= 0.3 is 0 Å². The summed E-state index contributed by atoms with van der Waals surface area (Å²) in [6, 6.07) is 9.23. The molecule has 1 heterocycles. The van der Waals surface area contributed by atoms with Crippen LogP contribution in [0.2, 0.25) is 0 Å². The fraction of sp³-hybridized carbons (Fsp3) is 0.714. The summed E-state index contributed by atoms with van der Waals surface area (Å²) in [7, 11) is 0. The molecule has 2 rings (SSSR count). The Hall–Kier alpha value is -0.860. The van der Waals surface area contributed by atoms with Gasteiger partial charge in [-0.05, 0) is 66.8 Å². The third-order valence-electron chi connectivity index (χ3n) is 5.28. The number of hydrogen-bond donors (Lipinski definition) is 1. The first-order chi connectivity index (χ1) is 10.8. The van der Waals surface area contributed by atoms with Gasteiger partial charge in [-0.3, -0.25) is 0 Å². The van der Waals surface area contributed by atoms with E-state index >= 15 is 0 Å². The topological polar surface area (TPSA) is 29.3 Å². The minimum Gasteiger partial charge on any atom is -0.330 e. The minimum atomic E-state index is 0.221. The maximum Gasteiger partial charge on any atom is 0.000439 e. The highest BCUT2D eigenvalue weighted by atomic mass is 15.1. The molecule has 1 fully saturated rings. The van der Waals surface area contributed by atoms with E-state index in [0.717, 1.165) is 18.4 Å². The smallest absolute Gasteiger partial charge is 0.000439 e. The Bertz CT molecular complexity index is 462. The summed E-state index contributed by atoms with van der Waals surface area (Å²) in [5.74, 6) is 2.02. The molecule has 0 aromatic heterocycles.